The molecule has 8 heteroatoms. The molecule has 5 aromatic rings. The van der Waals surface area contributed by atoms with Crippen molar-refractivity contribution < 1.29 is 23.8 Å². The summed E-state index contributed by atoms with van der Waals surface area (Å²) in [7, 11) is 0. The van der Waals surface area contributed by atoms with Crippen LogP contribution < -0.4 is 19.5 Å². The number of ether oxygens (including phenoxy) is 3. The highest BCUT2D eigenvalue weighted by Crippen LogP contribution is 2.40. The lowest BCUT2D eigenvalue weighted by Gasteiger charge is -2.26. The molecule has 0 radical (unpaired) electrons. The predicted molar refractivity (Wildman–Crippen MR) is 181 cm³/mol. The quantitative estimate of drug-likeness (QED) is 0.120. The van der Waals surface area contributed by atoms with E-state index in [0.29, 0.717) is 49.5 Å². The summed E-state index contributed by atoms with van der Waals surface area (Å²) in [5, 5.41) is 4.07. The monoisotopic (exact) mass is 627 g/mol. The number of amides is 3. The first-order valence-electron chi connectivity index (χ1n) is 16.2. The van der Waals surface area contributed by atoms with E-state index in [9.17, 15) is 9.59 Å². The Kier molecular flexibility index (Phi) is 8.24. The number of imide groups is 1. The van der Waals surface area contributed by atoms with Crippen molar-refractivity contribution in [3.05, 3.63) is 119 Å². The molecule has 3 amide bonds. The Morgan fingerprint density at radius 1 is 0.915 bits per heavy atom. The summed E-state index contributed by atoms with van der Waals surface area (Å²) in [6, 6.07) is 30.0. The molecule has 1 fully saturated rings. The fourth-order valence-electron chi connectivity index (χ4n) is 6.64. The second kappa shape index (κ2) is 12.8. The molecule has 0 saturated carbocycles. The number of carbonyl (C=O) groups excluding carboxylic acids is 2. The molecule has 47 heavy (non-hydrogen) atoms. The van der Waals surface area contributed by atoms with Gasteiger partial charge in [0.25, 0.3) is 5.91 Å². The number of nitrogens with one attached hydrogen (secondary N) is 1. The van der Waals surface area contributed by atoms with Crippen LogP contribution in [0.5, 0.6) is 17.2 Å². The zero-order chi connectivity index (χ0) is 32.4. The van der Waals surface area contributed by atoms with E-state index in [1.165, 1.54) is 10.5 Å². The molecule has 2 aliphatic heterocycles. The van der Waals surface area contributed by atoms with Gasteiger partial charge in [-0.05, 0) is 90.3 Å². The van der Waals surface area contributed by atoms with Gasteiger partial charge in [-0.2, -0.15) is 0 Å². The summed E-state index contributed by atoms with van der Waals surface area (Å²) >= 11 is 0. The zero-order valence-corrected chi connectivity index (χ0v) is 26.6. The van der Waals surface area contributed by atoms with Crippen LogP contribution in [-0.2, 0) is 16.8 Å². The van der Waals surface area contributed by atoms with Gasteiger partial charge < -0.3 is 19.5 Å². The molecule has 8 nitrogen and oxygen atoms in total. The van der Waals surface area contributed by atoms with Gasteiger partial charge >= 0.3 is 6.03 Å². The molecule has 0 bridgehead atoms. The maximum absolute atomic E-state index is 13.6. The molecule has 3 heterocycles. The van der Waals surface area contributed by atoms with E-state index in [1.807, 2.05) is 37.4 Å². The van der Waals surface area contributed by atoms with Crippen LogP contribution in [0.25, 0.3) is 22.0 Å². The number of hydrogen-bond acceptors (Lipinski definition) is 6. The van der Waals surface area contributed by atoms with Gasteiger partial charge in [-0.1, -0.05) is 73.7 Å². The summed E-state index contributed by atoms with van der Waals surface area (Å²) < 4.78 is 17.1. The maximum atomic E-state index is 13.6. The largest absolute Gasteiger partial charge is 0.494 e. The Hall–Kier alpha value is -5.37. The number of rotatable bonds is 11. The summed E-state index contributed by atoms with van der Waals surface area (Å²) in [6.07, 6.45) is 4.50. The van der Waals surface area contributed by atoms with Crippen LogP contribution in [0.2, 0.25) is 0 Å². The molecule has 1 atom stereocenters. The number of benzene rings is 4. The Morgan fingerprint density at radius 3 is 2.60 bits per heavy atom. The standard InChI is InChI=1S/C39H37N3O5/c1-3-39(30-17-18-33-34(23-30)47-25-46-33)37(43)42(38(44)41-39)19-7-8-20-45-31-15-10-14-28(22-31)35-29(21-27-12-5-4-6-13-27)24-40-36-26(2)11-9-16-32(35)36/h4-6,9-18,22-24H,3,7-8,19-21,25H2,1-2H3,(H,41,44). The molecule has 0 spiro atoms. The van der Waals surface area contributed by atoms with Crippen LogP contribution in [0.15, 0.2) is 97.2 Å². The topological polar surface area (TPSA) is 90.0 Å². The van der Waals surface area contributed by atoms with Crippen LogP contribution >= 0.6 is 0 Å². The van der Waals surface area contributed by atoms with Crippen molar-refractivity contribution in [2.24, 2.45) is 0 Å². The van der Waals surface area contributed by atoms with E-state index >= 15 is 0 Å². The Labute approximate surface area is 274 Å². The van der Waals surface area contributed by atoms with Crippen molar-refractivity contribution in [3.8, 4) is 28.4 Å². The third-order valence-electron chi connectivity index (χ3n) is 9.15. The number of urea groups is 1. The number of aryl methyl sites for hydroxylation is 1. The van der Waals surface area contributed by atoms with E-state index in [4.69, 9.17) is 19.2 Å². The zero-order valence-electron chi connectivity index (χ0n) is 26.6. The van der Waals surface area contributed by atoms with E-state index in [0.717, 1.165) is 45.3 Å². The highest BCUT2D eigenvalue weighted by atomic mass is 16.7. The Balaban J connectivity index is 1.02. The fraction of sp³-hybridized carbons (Fsp3) is 0.256. The van der Waals surface area contributed by atoms with Gasteiger partial charge in [-0.3, -0.25) is 14.7 Å². The summed E-state index contributed by atoms with van der Waals surface area (Å²) in [5.41, 5.74) is 6.33. The van der Waals surface area contributed by atoms with Crippen LogP contribution in [0.3, 0.4) is 0 Å². The van der Waals surface area contributed by atoms with Gasteiger partial charge in [-0.25, -0.2) is 4.79 Å². The van der Waals surface area contributed by atoms with E-state index in [1.54, 1.807) is 12.1 Å². The van der Waals surface area contributed by atoms with Crippen molar-refractivity contribution in [2.45, 2.75) is 45.1 Å². The van der Waals surface area contributed by atoms with Crippen molar-refractivity contribution in [1.82, 2.24) is 15.2 Å². The van der Waals surface area contributed by atoms with Crippen LogP contribution in [0.4, 0.5) is 4.79 Å². The molecule has 1 aromatic heterocycles. The van der Waals surface area contributed by atoms with Gasteiger partial charge in [0.2, 0.25) is 6.79 Å². The molecule has 0 aliphatic carbocycles. The first kappa shape index (κ1) is 30.3. The van der Waals surface area contributed by atoms with E-state index < -0.39 is 5.54 Å². The van der Waals surface area contributed by atoms with Crippen LogP contribution in [0, 0.1) is 6.92 Å². The Bertz CT molecular complexity index is 1960. The lowest BCUT2D eigenvalue weighted by molar-refractivity contribution is -0.131. The number of para-hydroxylation sites is 1. The lowest BCUT2D eigenvalue weighted by atomic mass is 9.87. The van der Waals surface area contributed by atoms with E-state index in [2.05, 4.69) is 66.8 Å². The van der Waals surface area contributed by atoms with Crippen LogP contribution in [-0.4, -0.2) is 41.8 Å². The molecule has 1 unspecified atom stereocenters. The Morgan fingerprint density at radius 2 is 1.74 bits per heavy atom. The molecular weight excluding hydrogens is 590 g/mol. The third kappa shape index (κ3) is 5.76. The van der Waals surface area contributed by atoms with Gasteiger partial charge in [0.05, 0.1) is 12.1 Å². The second-order valence-electron chi connectivity index (χ2n) is 12.1. The average Bonchev–Trinajstić information content (AvgIpc) is 3.66. The molecule has 4 aromatic carbocycles. The molecule has 1 saturated heterocycles. The van der Waals surface area contributed by atoms with Crippen molar-refractivity contribution in [3.63, 3.8) is 0 Å². The predicted octanol–water partition coefficient (Wildman–Crippen LogP) is 7.55. The SMILES string of the molecule is CCC1(c2ccc3c(c2)OCO3)NC(=O)N(CCCCOc2cccc(-c3c(Cc4ccccc4)cnc4c(C)cccc34)c2)C1=O. The number of pyridine rings is 1. The normalized spacial score (nSPS) is 16.9. The molecule has 238 valence electrons. The highest BCUT2D eigenvalue weighted by molar-refractivity contribution is 6.07. The minimum atomic E-state index is -1.12. The second-order valence-corrected chi connectivity index (χ2v) is 12.1. The summed E-state index contributed by atoms with van der Waals surface area (Å²) in [4.78, 5) is 32.8. The average molecular weight is 628 g/mol. The van der Waals surface area contributed by atoms with Crippen molar-refractivity contribution >= 4 is 22.8 Å². The van der Waals surface area contributed by atoms with Gasteiger partial charge in [0.1, 0.15) is 11.3 Å². The summed E-state index contributed by atoms with van der Waals surface area (Å²) in [5.74, 6) is 1.74. The highest BCUT2D eigenvalue weighted by Gasteiger charge is 2.51. The van der Waals surface area contributed by atoms with Gasteiger partial charge in [0, 0.05) is 18.1 Å². The summed E-state index contributed by atoms with van der Waals surface area (Å²) in [6.45, 7) is 4.91. The number of hydrogen-bond donors (Lipinski definition) is 1. The number of aromatic nitrogens is 1. The first-order valence-corrected chi connectivity index (χ1v) is 16.2. The first-order chi connectivity index (χ1) is 23.0. The van der Waals surface area contributed by atoms with Gasteiger partial charge in [0.15, 0.2) is 11.5 Å². The number of nitrogens with zero attached hydrogens (tertiary/aromatic N) is 2. The minimum absolute atomic E-state index is 0.145. The maximum Gasteiger partial charge on any atom is 0.325 e. The van der Waals surface area contributed by atoms with Crippen LogP contribution in [0.1, 0.15) is 48.4 Å². The van der Waals surface area contributed by atoms with E-state index in [-0.39, 0.29) is 18.7 Å². The lowest BCUT2D eigenvalue weighted by Crippen LogP contribution is -2.43. The number of carbonyl (C=O) groups is 2. The molecular formula is C39H37N3O5. The minimum Gasteiger partial charge on any atom is -0.494 e. The van der Waals surface area contributed by atoms with Gasteiger partial charge in [-0.15, -0.1) is 0 Å². The van der Waals surface area contributed by atoms with Crippen molar-refractivity contribution in [1.29, 1.82) is 0 Å². The molecule has 2 aliphatic rings. The van der Waals surface area contributed by atoms with Crippen molar-refractivity contribution in [2.75, 3.05) is 19.9 Å². The fourth-order valence-corrected chi connectivity index (χ4v) is 6.64. The molecule has 1 N–H and O–H groups in total. The smallest absolute Gasteiger partial charge is 0.325 e. The molecule has 7 rings (SSSR count). The number of unbranched alkanes of at least 4 members (excludes halogenated alkanes) is 1. The third-order valence-corrected chi connectivity index (χ3v) is 9.15. The number of fused-ring (bicyclic) bond motifs is 2.